The van der Waals surface area contributed by atoms with E-state index in [-0.39, 0.29) is 44.0 Å². The molecule has 6 atom stereocenters. The molecule has 0 radical (unpaired) electrons. The van der Waals surface area contributed by atoms with Crippen molar-refractivity contribution >= 4 is 23.5 Å². The van der Waals surface area contributed by atoms with Gasteiger partial charge in [-0.25, -0.2) is 0 Å². The van der Waals surface area contributed by atoms with E-state index in [0.29, 0.717) is 19.3 Å². The van der Waals surface area contributed by atoms with Crippen LogP contribution < -0.4 is 4.90 Å². The zero-order valence-corrected chi connectivity index (χ0v) is 24.4. The maximum absolute atomic E-state index is 14.7. The minimum atomic E-state index is -1.17. The highest BCUT2D eigenvalue weighted by atomic mass is 16.6. The van der Waals surface area contributed by atoms with Crippen LogP contribution in [0.4, 0.5) is 5.69 Å². The van der Waals surface area contributed by atoms with Crippen LogP contribution in [0.5, 0.6) is 0 Å². The molecule has 3 heterocycles. The van der Waals surface area contributed by atoms with Gasteiger partial charge in [-0.05, 0) is 69.9 Å². The maximum Gasteiger partial charge on any atom is 0.312 e. The molecule has 2 amide bonds. The molecule has 3 aliphatic heterocycles. The Labute approximate surface area is 238 Å². The number of unbranched alkanes of at least 4 members (excludes halogenated alkanes) is 2. The Morgan fingerprint density at radius 2 is 1.90 bits per heavy atom. The SMILES string of the molecule is C=CCCCCOC(=O)[C@@H]1[C@H]2C(=O)N(CCCO)C(C(=O)N(CC=C)c3c(C)cccc3C)C23CC(C)[C@@]1(C)O3. The van der Waals surface area contributed by atoms with E-state index in [1.165, 1.54) is 0 Å². The summed E-state index contributed by atoms with van der Waals surface area (Å²) in [5.41, 5.74) is 0.558. The van der Waals surface area contributed by atoms with Crippen molar-refractivity contribution < 1.29 is 29.0 Å². The Kier molecular flexibility index (Phi) is 8.90. The summed E-state index contributed by atoms with van der Waals surface area (Å²) in [4.78, 5) is 45.7. The van der Waals surface area contributed by atoms with Crippen LogP contribution in [0.1, 0.15) is 57.1 Å². The number of aryl methyl sites for hydroxylation is 2. The smallest absolute Gasteiger partial charge is 0.312 e. The van der Waals surface area contributed by atoms with E-state index in [1.54, 1.807) is 15.9 Å². The Balaban J connectivity index is 1.75. The van der Waals surface area contributed by atoms with Crippen molar-refractivity contribution in [2.75, 3.05) is 31.2 Å². The number of hydrogen-bond donors (Lipinski definition) is 1. The summed E-state index contributed by atoms with van der Waals surface area (Å²) in [6.07, 6.45) is 6.71. The van der Waals surface area contributed by atoms with Crippen molar-refractivity contribution in [2.24, 2.45) is 17.8 Å². The van der Waals surface area contributed by atoms with Gasteiger partial charge < -0.3 is 24.4 Å². The third-order valence-corrected chi connectivity index (χ3v) is 9.19. The topological polar surface area (TPSA) is 96.4 Å². The number of para-hydroxylation sites is 1. The van der Waals surface area contributed by atoms with Crippen molar-refractivity contribution in [1.82, 2.24) is 4.90 Å². The van der Waals surface area contributed by atoms with Crippen molar-refractivity contribution in [3.05, 3.63) is 54.6 Å². The van der Waals surface area contributed by atoms with Gasteiger partial charge in [-0.3, -0.25) is 14.4 Å². The number of esters is 1. The summed E-state index contributed by atoms with van der Waals surface area (Å²) in [5, 5.41) is 9.64. The van der Waals surface area contributed by atoms with Gasteiger partial charge in [0.05, 0.1) is 18.1 Å². The largest absolute Gasteiger partial charge is 0.465 e. The lowest BCUT2D eigenvalue weighted by Gasteiger charge is -2.38. The van der Waals surface area contributed by atoms with E-state index >= 15 is 0 Å². The van der Waals surface area contributed by atoms with Crippen molar-refractivity contribution in [3.8, 4) is 0 Å². The fraction of sp³-hybridized carbons (Fsp3) is 0.594. The number of carbonyl (C=O) groups is 3. The number of ether oxygens (including phenoxy) is 2. The first-order chi connectivity index (χ1) is 19.1. The first kappa shape index (κ1) is 30.0. The highest BCUT2D eigenvalue weighted by Crippen LogP contribution is 2.65. The number of anilines is 1. The summed E-state index contributed by atoms with van der Waals surface area (Å²) in [6.45, 7) is 16.0. The lowest BCUT2D eigenvalue weighted by molar-refractivity contribution is -0.161. The van der Waals surface area contributed by atoms with Crippen LogP contribution >= 0.6 is 0 Å². The highest BCUT2D eigenvalue weighted by molar-refractivity contribution is 6.05. The molecule has 3 fully saturated rings. The average molecular weight is 553 g/mol. The highest BCUT2D eigenvalue weighted by Gasteiger charge is 2.80. The first-order valence-corrected chi connectivity index (χ1v) is 14.5. The van der Waals surface area contributed by atoms with Gasteiger partial charge in [-0.2, -0.15) is 0 Å². The quantitative estimate of drug-likeness (QED) is 0.225. The average Bonchev–Trinajstić information content (AvgIpc) is 3.42. The van der Waals surface area contributed by atoms with Crippen LogP contribution in [0.2, 0.25) is 0 Å². The number of hydrogen-bond acceptors (Lipinski definition) is 6. The first-order valence-electron chi connectivity index (χ1n) is 14.5. The monoisotopic (exact) mass is 552 g/mol. The Morgan fingerprint density at radius 1 is 1.20 bits per heavy atom. The van der Waals surface area contributed by atoms with E-state index in [4.69, 9.17) is 9.47 Å². The van der Waals surface area contributed by atoms with Gasteiger partial charge in [-0.15, -0.1) is 13.2 Å². The molecule has 218 valence electrons. The second-order valence-corrected chi connectivity index (χ2v) is 11.7. The lowest BCUT2D eigenvalue weighted by atomic mass is 9.62. The molecule has 8 nitrogen and oxygen atoms in total. The fourth-order valence-corrected chi connectivity index (χ4v) is 7.31. The molecule has 1 N–H and O–H groups in total. The van der Waals surface area contributed by atoms with Crippen LogP contribution in [-0.2, 0) is 23.9 Å². The van der Waals surface area contributed by atoms with Gasteiger partial charge in [0.25, 0.3) is 5.91 Å². The molecule has 1 aromatic carbocycles. The molecule has 1 aromatic rings. The molecule has 3 saturated heterocycles. The zero-order valence-electron chi connectivity index (χ0n) is 24.4. The van der Waals surface area contributed by atoms with E-state index in [0.717, 1.165) is 29.7 Å². The molecule has 0 aliphatic carbocycles. The molecule has 3 unspecified atom stereocenters. The molecule has 8 heteroatoms. The van der Waals surface area contributed by atoms with Crippen LogP contribution in [0, 0.1) is 31.6 Å². The third-order valence-electron chi connectivity index (χ3n) is 9.19. The fourth-order valence-electron chi connectivity index (χ4n) is 7.31. The predicted octanol–water partition coefficient (Wildman–Crippen LogP) is 4.12. The number of benzene rings is 1. The molecule has 40 heavy (non-hydrogen) atoms. The van der Waals surface area contributed by atoms with Crippen molar-refractivity contribution in [1.29, 1.82) is 0 Å². The Hall–Kier alpha value is -2.97. The number of fused-ring (bicyclic) bond motifs is 1. The molecule has 1 spiro atoms. The van der Waals surface area contributed by atoms with Crippen molar-refractivity contribution in [2.45, 2.75) is 77.0 Å². The molecule has 4 rings (SSSR count). The van der Waals surface area contributed by atoms with Crippen LogP contribution in [0.25, 0.3) is 0 Å². The zero-order chi connectivity index (χ0) is 29.2. The predicted molar refractivity (Wildman–Crippen MR) is 154 cm³/mol. The van der Waals surface area contributed by atoms with Crippen LogP contribution in [-0.4, -0.2) is 71.3 Å². The maximum atomic E-state index is 14.7. The van der Waals surface area contributed by atoms with Crippen LogP contribution in [0.3, 0.4) is 0 Å². The molecule has 3 aliphatic rings. The number of rotatable bonds is 13. The lowest BCUT2D eigenvalue weighted by Crippen LogP contribution is -2.57. The minimum absolute atomic E-state index is 0.0731. The third kappa shape index (κ3) is 4.79. The molecule has 0 saturated carbocycles. The minimum Gasteiger partial charge on any atom is -0.465 e. The number of aliphatic hydroxyl groups is 1. The molecular weight excluding hydrogens is 508 g/mol. The number of allylic oxidation sites excluding steroid dienone is 1. The summed E-state index contributed by atoms with van der Waals surface area (Å²) in [7, 11) is 0. The number of amides is 2. The van der Waals surface area contributed by atoms with Gasteiger partial charge in [0, 0.05) is 25.4 Å². The van der Waals surface area contributed by atoms with E-state index in [9.17, 15) is 19.5 Å². The molecular formula is C32H44N2O6. The Morgan fingerprint density at radius 3 is 2.52 bits per heavy atom. The van der Waals surface area contributed by atoms with E-state index in [2.05, 4.69) is 13.2 Å². The van der Waals surface area contributed by atoms with Crippen LogP contribution in [0.15, 0.2) is 43.5 Å². The van der Waals surface area contributed by atoms with Gasteiger partial charge in [-0.1, -0.05) is 37.3 Å². The second kappa shape index (κ2) is 11.9. The van der Waals surface area contributed by atoms with E-state index < -0.39 is 35.0 Å². The molecule has 2 bridgehead atoms. The number of aliphatic hydroxyl groups excluding tert-OH is 1. The Bertz CT molecular complexity index is 1150. The number of carbonyl (C=O) groups excluding carboxylic acids is 3. The van der Waals surface area contributed by atoms with Gasteiger partial charge >= 0.3 is 5.97 Å². The van der Waals surface area contributed by atoms with Gasteiger partial charge in [0.1, 0.15) is 17.6 Å². The van der Waals surface area contributed by atoms with Gasteiger partial charge in [0.15, 0.2) is 0 Å². The summed E-state index contributed by atoms with van der Waals surface area (Å²) < 4.78 is 12.5. The second-order valence-electron chi connectivity index (χ2n) is 11.7. The van der Waals surface area contributed by atoms with E-state index in [1.807, 2.05) is 52.0 Å². The summed E-state index contributed by atoms with van der Waals surface area (Å²) in [5.74, 6) is -2.70. The van der Waals surface area contributed by atoms with Gasteiger partial charge in [0.2, 0.25) is 5.91 Å². The normalized spacial score (nSPS) is 30.3. The molecule has 0 aromatic heterocycles. The van der Waals surface area contributed by atoms with Crippen molar-refractivity contribution in [3.63, 3.8) is 0 Å². The summed E-state index contributed by atoms with van der Waals surface area (Å²) >= 11 is 0. The number of nitrogens with zero attached hydrogens (tertiary/aromatic N) is 2. The standard InChI is InChI=1S/C32H44N2O6/c1-7-9-10-11-19-39-30(38)25-24-28(36)34(17-13-18-35)27(32(24)20-23(5)31(25,6)40-32)29(37)33(16-8-2)26-21(3)14-12-15-22(26)4/h7-8,12,14-15,23-25,27,35H,1-2,9-11,13,16-20H2,3-6H3/t23?,24-,25-,27?,31+,32?/m0/s1. The number of likely N-dealkylation sites (tertiary alicyclic amines) is 1. The summed E-state index contributed by atoms with van der Waals surface area (Å²) in [6, 6.07) is 4.92.